The average Bonchev–Trinajstić information content (AvgIpc) is 3.37. The van der Waals surface area contributed by atoms with Crippen LogP contribution in [0.3, 0.4) is 0 Å². The van der Waals surface area contributed by atoms with Crippen LogP contribution in [0.5, 0.6) is 0 Å². The number of aliphatic hydroxyl groups is 1. The molecule has 2 aliphatic carbocycles. The van der Waals surface area contributed by atoms with Crippen LogP contribution >= 0.6 is 0 Å². The lowest BCUT2D eigenvalue weighted by molar-refractivity contribution is -0.238. The minimum atomic E-state index is -2.01. The molecule has 10 nitrogen and oxygen atoms in total. The fourth-order valence-corrected chi connectivity index (χ4v) is 8.35. The molecule has 0 aromatic heterocycles. The molecule has 4 heterocycles. The van der Waals surface area contributed by atoms with E-state index < -0.39 is 81.8 Å². The number of hydrogen-bond donors (Lipinski definition) is 1. The van der Waals surface area contributed by atoms with Gasteiger partial charge in [-0.2, -0.15) is 0 Å². The first-order valence-corrected chi connectivity index (χ1v) is 11.0. The molecule has 32 heavy (non-hydrogen) atoms. The number of hydrogen-bond acceptors (Lipinski definition) is 10. The first kappa shape index (κ1) is 20.4. The van der Waals surface area contributed by atoms with Crippen LogP contribution in [0.25, 0.3) is 0 Å². The molecule has 6 aliphatic rings. The van der Waals surface area contributed by atoms with E-state index in [-0.39, 0.29) is 12.3 Å². The number of ether oxygens (including phenoxy) is 5. The number of carbonyl (C=O) groups is 4. The van der Waals surface area contributed by atoms with Crippen molar-refractivity contribution in [3.8, 4) is 0 Å². The van der Waals surface area contributed by atoms with Gasteiger partial charge in [0.25, 0.3) is 0 Å². The maximum absolute atomic E-state index is 13.5. The van der Waals surface area contributed by atoms with Gasteiger partial charge in [0.2, 0.25) is 18.0 Å². The Morgan fingerprint density at radius 2 is 1.78 bits per heavy atom. The maximum Gasteiger partial charge on any atom is 0.350 e. The highest BCUT2D eigenvalue weighted by atomic mass is 16.8. The highest BCUT2D eigenvalue weighted by Crippen LogP contribution is 2.84. The minimum Gasteiger partial charge on any atom is -0.459 e. The van der Waals surface area contributed by atoms with Gasteiger partial charge in [0.15, 0.2) is 5.60 Å². The standard InChI is InChI=1S/C22H26O10/c1-8-14(24)29-12-7-19-11-6-10(18(3,4)5)20(19)13(28-9(2)23)15(25)31-17(20)32-22(19,16(26)30-11)21(8,12)27/h8,10-13,17,27H,6-7H2,1-5H3/t8-,10+,11+,12+,13+,17+,19-,20?,21-,22+/m1/s1. The Labute approximate surface area is 183 Å². The van der Waals surface area contributed by atoms with E-state index in [2.05, 4.69) is 0 Å². The molecule has 1 unspecified atom stereocenters. The predicted molar refractivity (Wildman–Crippen MR) is 100 cm³/mol. The smallest absolute Gasteiger partial charge is 0.350 e. The lowest BCUT2D eigenvalue weighted by Gasteiger charge is -2.47. The van der Waals surface area contributed by atoms with E-state index in [0.29, 0.717) is 6.42 Å². The van der Waals surface area contributed by atoms with Gasteiger partial charge in [-0.3, -0.25) is 9.59 Å². The lowest BCUT2D eigenvalue weighted by Crippen LogP contribution is -2.66. The number of carbonyl (C=O) groups excluding carboxylic acids is 4. The number of fused-ring (bicyclic) bond motifs is 1. The zero-order valence-electron chi connectivity index (χ0n) is 18.5. The van der Waals surface area contributed by atoms with Crippen LogP contribution in [0.1, 0.15) is 47.5 Å². The third kappa shape index (κ3) is 1.63. The van der Waals surface area contributed by atoms with Crippen molar-refractivity contribution in [3.05, 3.63) is 0 Å². The van der Waals surface area contributed by atoms with Crippen molar-refractivity contribution >= 4 is 23.9 Å². The Balaban J connectivity index is 1.67. The Kier molecular flexibility index (Phi) is 3.38. The van der Waals surface area contributed by atoms with Gasteiger partial charge in [0.1, 0.15) is 12.2 Å². The van der Waals surface area contributed by atoms with Crippen molar-refractivity contribution in [2.45, 2.75) is 83.3 Å². The Morgan fingerprint density at radius 3 is 2.41 bits per heavy atom. The molecule has 0 bridgehead atoms. The summed E-state index contributed by atoms with van der Waals surface area (Å²) >= 11 is 0. The number of rotatable bonds is 1. The normalized spacial score (nSPS) is 54.5. The zero-order valence-corrected chi connectivity index (χ0v) is 18.5. The molecule has 0 amide bonds. The highest BCUT2D eigenvalue weighted by Gasteiger charge is 3.01. The second-order valence-corrected chi connectivity index (χ2v) is 11.2. The fraction of sp³-hybridized carbons (Fsp3) is 0.818. The average molecular weight is 450 g/mol. The SMILES string of the molecule is CC(=O)O[C@H]1C(=O)O[C@H]2O[C@@]34C(=O)O[C@H]5C[C@@H](C(C)(C)C)C21[C@@]53C[C@@H]1OC(=O)[C@@H](C)[C@@]14O. The van der Waals surface area contributed by atoms with Crippen LogP contribution < -0.4 is 0 Å². The van der Waals surface area contributed by atoms with Gasteiger partial charge >= 0.3 is 23.9 Å². The summed E-state index contributed by atoms with van der Waals surface area (Å²) in [6.45, 7) is 8.66. The Morgan fingerprint density at radius 1 is 1.09 bits per heavy atom. The molecule has 2 saturated carbocycles. The third-order valence-electron chi connectivity index (χ3n) is 9.22. The van der Waals surface area contributed by atoms with Gasteiger partial charge in [-0.15, -0.1) is 0 Å². The summed E-state index contributed by atoms with van der Waals surface area (Å²) in [5.74, 6) is -4.25. The van der Waals surface area contributed by atoms with Crippen molar-refractivity contribution in [1.82, 2.24) is 0 Å². The van der Waals surface area contributed by atoms with Crippen molar-refractivity contribution in [2.24, 2.45) is 28.1 Å². The summed E-state index contributed by atoms with van der Waals surface area (Å²) < 4.78 is 28.9. The summed E-state index contributed by atoms with van der Waals surface area (Å²) in [5.41, 5.74) is -6.99. The summed E-state index contributed by atoms with van der Waals surface area (Å²) in [5, 5.41) is 12.0. The van der Waals surface area contributed by atoms with Crippen LogP contribution in [0.15, 0.2) is 0 Å². The molecule has 1 N–H and O–H groups in total. The van der Waals surface area contributed by atoms with E-state index in [9.17, 15) is 24.3 Å². The van der Waals surface area contributed by atoms with Gasteiger partial charge in [0, 0.05) is 13.3 Å². The molecule has 10 heteroatoms. The van der Waals surface area contributed by atoms with E-state index >= 15 is 0 Å². The molecule has 10 atom stereocenters. The first-order chi connectivity index (χ1) is 14.8. The maximum atomic E-state index is 13.5. The van der Waals surface area contributed by atoms with Gasteiger partial charge in [-0.1, -0.05) is 20.8 Å². The largest absolute Gasteiger partial charge is 0.459 e. The predicted octanol–water partition coefficient (Wildman–Crippen LogP) is 0.231. The van der Waals surface area contributed by atoms with Gasteiger partial charge in [-0.05, 0) is 24.7 Å². The summed E-state index contributed by atoms with van der Waals surface area (Å²) in [4.78, 5) is 51.0. The summed E-state index contributed by atoms with van der Waals surface area (Å²) in [7, 11) is 0. The molecule has 6 fully saturated rings. The van der Waals surface area contributed by atoms with E-state index in [4.69, 9.17) is 23.7 Å². The van der Waals surface area contributed by atoms with Crippen molar-refractivity contribution in [1.29, 1.82) is 0 Å². The molecular formula is C22H26O10. The van der Waals surface area contributed by atoms with Gasteiger partial charge < -0.3 is 28.8 Å². The lowest BCUT2D eigenvalue weighted by atomic mass is 9.51. The topological polar surface area (TPSA) is 135 Å². The van der Waals surface area contributed by atoms with E-state index in [1.807, 2.05) is 20.8 Å². The minimum absolute atomic E-state index is 0.0352. The van der Waals surface area contributed by atoms with Crippen LogP contribution in [-0.4, -0.2) is 64.8 Å². The molecule has 0 aromatic rings. The Hall–Kier alpha value is -2.20. The quantitative estimate of drug-likeness (QED) is 0.437. The van der Waals surface area contributed by atoms with Crippen molar-refractivity contribution in [2.75, 3.05) is 0 Å². The molecular weight excluding hydrogens is 424 g/mol. The van der Waals surface area contributed by atoms with Crippen molar-refractivity contribution in [3.63, 3.8) is 0 Å². The molecule has 4 saturated heterocycles. The monoisotopic (exact) mass is 450 g/mol. The van der Waals surface area contributed by atoms with E-state index in [1.165, 1.54) is 13.8 Å². The van der Waals surface area contributed by atoms with Crippen LogP contribution in [-0.2, 0) is 42.9 Å². The summed E-state index contributed by atoms with van der Waals surface area (Å²) in [6.07, 6.45) is -3.93. The zero-order chi connectivity index (χ0) is 23.2. The Bertz CT molecular complexity index is 999. The second-order valence-electron chi connectivity index (χ2n) is 11.2. The van der Waals surface area contributed by atoms with Gasteiger partial charge in [0.05, 0.1) is 16.7 Å². The molecule has 0 aromatic carbocycles. The van der Waals surface area contributed by atoms with Crippen LogP contribution in [0, 0.1) is 28.1 Å². The van der Waals surface area contributed by atoms with Crippen molar-refractivity contribution < 1.29 is 48.0 Å². The van der Waals surface area contributed by atoms with Crippen LogP contribution in [0.2, 0.25) is 0 Å². The van der Waals surface area contributed by atoms with Gasteiger partial charge in [-0.25, -0.2) is 9.59 Å². The van der Waals surface area contributed by atoms with E-state index in [0.717, 1.165) is 0 Å². The van der Waals surface area contributed by atoms with E-state index in [1.54, 1.807) is 0 Å². The molecule has 2 spiro atoms. The highest BCUT2D eigenvalue weighted by molar-refractivity contribution is 5.93. The molecule has 0 radical (unpaired) electrons. The first-order valence-electron chi connectivity index (χ1n) is 11.0. The molecule has 174 valence electrons. The third-order valence-corrected chi connectivity index (χ3v) is 9.22. The van der Waals surface area contributed by atoms with Crippen LogP contribution in [0.4, 0.5) is 0 Å². The second kappa shape index (κ2) is 5.30. The summed E-state index contributed by atoms with van der Waals surface area (Å²) in [6, 6.07) is 0. The fourth-order valence-electron chi connectivity index (χ4n) is 8.35. The molecule has 4 aliphatic heterocycles. The molecule has 6 rings (SSSR count). The number of esters is 4.